The molecule has 0 fully saturated rings. The van der Waals surface area contributed by atoms with Crippen LogP contribution in [0.2, 0.25) is 0 Å². The summed E-state index contributed by atoms with van der Waals surface area (Å²) in [5.41, 5.74) is 1.20. The van der Waals surface area contributed by atoms with Gasteiger partial charge in [-0.2, -0.15) is 5.26 Å². The predicted molar refractivity (Wildman–Crippen MR) is 70.4 cm³/mol. The molecule has 0 saturated heterocycles. The molecule has 1 N–H and O–H groups in total. The lowest BCUT2D eigenvalue weighted by Crippen LogP contribution is -2.16. The highest BCUT2D eigenvalue weighted by atomic mass is 16.5. The first-order valence-corrected chi connectivity index (χ1v) is 6.24. The van der Waals surface area contributed by atoms with Gasteiger partial charge in [-0.3, -0.25) is 0 Å². The molecular weight excluding hydrogens is 228 g/mol. The average molecular weight is 248 g/mol. The second kappa shape index (κ2) is 9.46. The summed E-state index contributed by atoms with van der Waals surface area (Å²) in [5.74, 6) is 0.733. The van der Waals surface area contributed by atoms with Crippen LogP contribution in [0.4, 0.5) is 0 Å². The molecule has 0 saturated carbocycles. The standard InChI is InChI=1S/C14H20N2O2/c1-2-17-10-3-9-16-12-13-4-6-14(7-5-13)18-11-8-15/h4-7,16H,2-3,9-12H2,1H3. The van der Waals surface area contributed by atoms with Crippen molar-refractivity contribution in [1.29, 1.82) is 5.26 Å². The van der Waals surface area contributed by atoms with Crippen molar-refractivity contribution >= 4 is 0 Å². The van der Waals surface area contributed by atoms with Gasteiger partial charge in [-0.25, -0.2) is 0 Å². The van der Waals surface area contributed by atoms with Gasteiger partial charge in [0.05, 0.1) is 0 Å². The summed E-state index contributed by atoms with van der Waals surface area (Å²) in [6, 6.07) is 9.71. The quantitative estimate of drug-likeness (QED) is 0.680. The van der Waals surface area contributed by atoms with Crippen LogP contribution in [0.15, 0.2) is 24.3 Å². The van der Waals surface area contributed by atoms with Crippen LogP contribution >= 0.6 is 0 Å². The Hall–Kier alpha value is -1.57. The fourth-order valence-corrected chi connectivity index (χ4v) is 1.50. The van der Waals surface area contributed by atoms with Gasteiger partial charge >= 0.3 is 0 Å². The van der Waals surface area contributed by atoms with Crippen molar-refractivity contribution < 1.29 is 9.47 Å². The van der Waals surface area contributed by atoms with Gasteiger partial charge in [0.25, 0.3) is 0 Å². The van der Waals surface area contributed by atoms with Gasteiger partial charge in [0.15, 0.2) is 6.61 Å². The molecule has 98 valence electrons. The number of nitrogens with zero attached hydrogens (tertiary/aromatic N) is 1. The number of nitriles is 1. The number of hydrogen-bond acceptors (Lipinski definition) is 4. The zero-order valence-electron chi connectivity index (χ0n) is 10.8. The zero-order chi connectivity index (χ0) is 13.1. The zero-order valence-corrected chi connectivity index (χ0v) is 10.8. The van der Waals surface area contributed by atoms with E-state index in [1.165, 1.54) is 5.56 Å². The Bertz CT molecular complexity index is 357. The minimum absolute atomic E-state index is 0.0923. The van der Waals surface area contributed by atoms with Crippen LogP contribution < -0.4 is 10.1 Å². The van der Waals surface area contributed by atoms with E-state index in [0.29, 0.717) is 0 Å². The van der Waals surface area contributed by atoms with E-state index in [0.717, 1.165) is 38.5 Å². The molecule has 0 bridgehead atoms. The van der Waals surface area contributed by atoms with Crippen molar-refractivity contribution in [2.24, 2.45) is 0 Å². The van der Waals surface area contributed by atoms with Crippen LogP contribution in [0.5, 0.6) is 5.75 Å². The Morgan fingerprint density at radius 3 is 2.72 bits per heavy atom. The minimum atomic E-state index is 0.0923. The summed E-state index contributed by atoms with van der Waals surface area (Å²) < 4.78 is 10.4. The molecule has 0 aliphatic rings. The summed E-state index contributed by atoms with van der Waals surface area (Å²) in [6.45, 7) is 5.48. The molecule has 0 aliphatic heterocycles. The van der Waals surface area contributed by atoms with Gasteiger partial charge in [0, 0.05) is 19.8 Å². The van der Waals surface area contributed by atoms with Crippen LogP contribution in [0.3, 0.4) is 0 Å². The fourth-order valence-electron chi connectivity index (χ4n) is 1.50. The smallest absolute Gasteiger partial charge is 0.174 e. The first-order valence-electron chi connectivity index (χ1n) is 6.24. The molecule has 4 nitrogen and oxygen atoms in total. The van der Waals surface area contributed by atoms with E-state index < -0.39 is 0 Å². The summed E-state index contributed by atoms with van der Waals surface area (Å²) in [6.07, 6.45) is 1.03. The van der Waals surface area contributed by atoms with Crippen molar-refractivity contribution in [2.45, 2.75) is 19.9 Å². The van der Waals surface area contributed by atoms with Gasteiger partial charge < -0.3 is 14.8 Å². The van der Waals surface area contributed by atoms with E-state index >= 15 is 0 Å². The summed E-state index contributed by atoms with van der Waals surface area (Å²) in [4.78, 5) is 0. The summed E-state index contributed by atoms with van der Waals surface area (Å²) in [5, 5.41) is 11.7. The van der Waals surface area contributed by atoms with Crippen molar-refractivity contribution in [3.05, 3.63) is 29.8 Å². The Labute approximate surface area is 109 Å². The molecule has 0 aromatic heterocycles. The summed E-state index contributed by atoms with van der Waals surface area (Å²) in [7, 11) is 0. The second-order valence-corrected chi connectivity index (χ2v) is 3.82. The molecule has 0 amide bonds. The molecule has 0 aliphatic carbocycles. The third-order valence-corrected chi connectivity index (χ3v) is 2.40. The van der Waals surface area contributed by atoms with Gasteiger partial charge in [-0.15, -0.1) is 0 Å². The van der Waals surface area contributed by atoms with Gasteiger partial charge in [-0.05, 0) is 37.6 Å². The fraction of sp³-hybridized carbons (Fsp3) is 0.500. The van der Waals surface area contributed by atoms with Crippen LogP contribution in [-0.2, 0) is 11.3 Å². The predicted octanol–water partition coefficient (Wildman–Crippen LogP) is 2.11. The molecule has 1 aromatic rings. The van der Waals surface area contributed by atoms with E-state index in [1.807, 2.05) is 37.3 Å². The van der Waals surface area contributed by atoms with Crippen molar-refractivity contribution in [3.63, 3.8) is 0 Å². The van der Waals surface area contributed by atoms with Crippen LogP contribution in [0.1, 0.15) is 18.9 Å². The Morgan fingerprint density at radius 1 is 1.28 bits per heavy atom. The number of benzene rings is 1. The lowest BCUT2D eigenvalue weighted by molar-refractivity contribution is 0.144. The van der Waals surface area contributed by atoms with E-state index in [1.54, 1.807) is 0 Å². The average Bonchev–Trinajstić information content (AvgIpc) is 2.42. The Morgan fingerprint density at radius 2 is 2.06 bits per heavy atom. The molecule has 1 rings (SSSR count). The third-order valence-electron chi connectivity index (χ3n) is 2.40. The van der Waals surface area contributed by atoms with E-state index in [9.17, 15) is 0 Å². The SMILES string of the molecule is CCOCCCNCc1ccc(OCC#N)cc1. The molecule has 0 atom stereocenters. The number of ether oxygens (including phenoxy) is 2. The third kappa shape index (κ3) is 6.24. The first kappa shape index (κ1) is 14.5. The van der Waals surface area contributed by atoms with Crippen LogP contribution in [0.25, 0.3) is 0 Å². The topological polar surface area (TPSA) is 54.3 Å². The normalized spacial score (nSPS) is 10.0. The molecule has 18 heavy (non-hydrogen) atoms. The van der Waals surface area contributed by atoms with E-state index in [2.05, 4.69) is 5.32 Å². The Kier molecular flexibility index (Phi) is 7.61. The molecule has 0 unspecified atom stereocenters. The van der Waals surface area contributed by atoms with Gasteiger partial charge in [0.1, 0.15) is 11.8 Å². The van der Waals surface area contributed by atoms with Gasteiger partial charge in [0.2, 0.25) is 0 Å². The summed E-state index contributed by atoms with van der Waals surface area (Å²) >= 11 is 0. The van der Waals surface area contributed by atoms with Crippen LogP contribution in [-0.4, -0.2) is 26.4 Å². The Balaban J connectivity index is 2.17. The number of hydrogen-bond donors (Lipinski definition) is 1. The number of nitrogens with one attached hydrogen (secondary N) is 1. The van der Waals surface area contributed by atoms with Crippen molar-refractivity contribution in [1.82, 2.24) is 5.32 Å². The molecule has 4 heteroatoms. The van der Waals surface area contributed by atoms with Crippen LogP contribution in [0, 0.1) is 11.3 Å². The maximum Gasteiger partial charge on any atom is 0.174 e. The maximum absolute atomic E-state index is 8.39. The second-order valence-electron chi connectivity index (χ2n) is 3.82. The molecule has 0 radical (unpaired) electrons. The molecule has 1 aromatic carbocycles. The maximum atomic E-state index is 8.39. The minimum Gasteiger partial charge on any atom is -0.479 e. The first-order chi connectivity index (χ1) is 8.86. The van der Waals surface area contributed by atoms with Gasteiger partial charge in [-0.1, -0.05) is 12.1 Å². The van der Waals surface area contributed by atoms with Crippen molar-refractivity contribution in [2.75, 3.05) is 26.4 Å². The highest BCUT2D eigenvalue weighted by Gasteiger charge is 1.95. The highest BCUT2D eigenvalue weighted by molar-refractivity contribution is 5.27. The molecule has 0 heterocycles. The number of rotatable bonds is 9. The van der Waals surface area contributed by atoms with Crippen molar-refractivity contribution in [3.8, 4) is 11.8 Å². The lowest BCUT2D eigenvalue weighted by Gasteiger charge is -2.06. The van der Waals surface area contributed by atoms with E-state index in [4.69, 9.17) is 14.7 Å². The highest BCUT2D eigenvalue weighted by Crippen LogP contribution is 2.11. The monoisotopic (exact) mass is 248 g/mol. The lowest BCUT2D eigenvalue weighted by atomic mass is 10.2. The largest absolute Gasteiger partial charge is 0.479 e. The van der Waals surface area contributed by atoms with E-state index in [-0.39, 0.29) is 6.61 Å². The molecular formula is C14H20N2O2. The molecule has 0 spiro atoms.